The molecule has 0 spiro atoms. The Kier molecular flexibility index (Phi) is 9.48. The highest BCUT2D eigenvalue weighted by atomic mass is 32.1. The zero-order chi connectivity index (χ0) is 25.9. The van der Waals surface area contributed by atoms with E-state index in [2.05, 4.69) is 16.0 Å². The monoisotopic (exact) mass is 517 g/mol. The molecule has 8 heteroatoms. The van der Waals surface area contributed by atoms with Gasteiger partial charge in [-0.05, 0) is 61.5 Å². The van der Waals surface area contributed by atoms with Gasteiger partial charge >= 0.3 is 0 Å². The number of rotatable bonds is 9. The molecule has 3 aromatic carbocycles. The SMILES string of the molecule is O=C(NC1CCCCC1)c1ccccc1NC(=S)NC(=O)c1ccccc1OCCOc1ccccc1. The van der Waals surface area contributed by atoms with Crippen molar-refractivity contribution in [1.29, 1.82) is 0 Å². The van der Waals surface area contributed by atoms with Gasteiger partial charge in [0.25, 0.3) is 11.8 Å². The summed E-state index contributed by atoms with van der Waals surface area (Å²) >= 11 is 5.39. The maximum Gasteiger partial charge on any atom is 0.261 e. The summed E-state index contributed by atoms with van der Waals surface area (Å²) in [6.07, 6.45) is 5.47. The number of carbonyl (C=O) groups is 2. The molecule has 1 saturated carbocycles. The molecule has 0 aliphatic heterocycles. The van der Waals surface area contributed by atoms with Crippen LogP contribution >= 0.6 is 12.2 Å². The number of ether oxygens (including phenoxy) is 2. The van der Waals surface area contributed by atoms with Crippen LogP contribution < -0.4 is 25.4 Å². The molecule has 1 fully saturated rings. The largest absolute Gasteiger partial charge is 0.490 e. The number of carbonyl (C=O) groups excluding carboxylic acids is 2. The van der Waals surface area contributed by atoms with Crippen molar-refractivity contribution in [3.63, 3.8) is 0 Å². The molecular weight excluding hydrogens is 486 g/mol. The van der Waals surface area contributed by atoms with Gasteiger partial charge in [0.05, 0.1) is 16.8 Å². The standard InChI is InChI=1S/C29H31N3O4S/c33-27(30-21-11-3-1-4-12-21)23-15-7-9-17-25(23)31-29(37)32-28(34)24-16-8-10-18-26(24)36-20-19-35-22-13-5-2-6-14-22/h2,5-10,13-18,21H,1,3-4,11-12,19-20H2,(H,30,33)(H2,31,32,34,37). The van der Waals surface area contributed by atoms with Crippen LogP contribution in [0, 0.1) is 0 Å². The molecule has 0 aromatic heterocycles. The van der Waals surface area contributed by atoms with Crippen LogP contribution in [0.2, 0.25) is 0 Å². The van der Waals surface area contributed by atoms with Gasteiger partial charge in [-0.1, -0.05) is 61.7 Å². The fourth-order valence-corrected chi connectivity index (χ4v) is 4.43. The van der Waals surface area contributed by atoms with Gasteiger partial charge in [0, 0.05) is 6.04 Å². The molecule has 1 aliphatic rings. The minimum absolute atomic E-state index is 0.0881. The number of thiocarbonyl (C=S) groups is 1. The summed E-state index contributed by atoms with van der Waals surface area (Å²) in [6, 6.07) is 23.7. The molecule has 3 aromatic rings. The first kappa shape index (κ1) is 26.2. The highest BCUT2D eigenvalue weighted by molar-refractivity contribution is 7.80. The average molecular weight is 518 g/mol. The van der Waals surface area contributed by atoms with Crippen molar-refractivity contribution in [3.05, 3.63) is 90.0 Å². The molecule has 3 N–H and O–H groups in total. The minimum atomic E-state index is -0.416. The smallest absolute Gasteiger partial charge is 0.261 e. The number of benzene rings is 3. The Balaban J connectivity index is 1.32. The van der Waals surface area contributed by atoms with Crippen LogP contribution in [0.3, 0.4) is 0 Å². The first-order chi connectivity index (χ1) is 18.1. The molecule has 1 aliphatic carbocycles. The highest BCUT2D eigenvalue weighted by Gasteiger charge is 2.19. The van der Waals surface area contributed by atoms with Crippen LogP contribution in [0.15, 0.2) is 78.9 Å². The first-order valence-corrected chi connectivity index (χ1v) is 12.9. The van der Waals surface area contributed by atoms with E-state index in [1.807, 2.05) is 36.4 Å². The van der Waals surface area contributed by atoms with Crippen LogP contribution in [0.5, 0.6) is 11.5 Å². The number of anilines is 1. The predicted molar refractivity (Wildman–Crippen MR) is 148 cm³/mol. The highest BCUT2D eigenvalue weighted by Crippen LogP contribution is 2.21. The fraction of sp³-hybridized carbons (Fsp3) is 0.276. The van der Waals surface area contributed by atoms with Crippen molar-refractivity contribution < 1.29 is 19.1 Å². The Morgan fingerprint density at radius 2 is 1.41 bits per heavy atom. The second kappa shape index (κ2) is 13.4. The van der Waals surface area contributed by atoms with Crippen molar-refractivity contribution in [2.45, 2.75) is 38.1 Å². The van der Waals surface area contributed by atoms with Crippen molar-refractivity contribution in [2.24, 2.45) is 0 Å². The van der Waals surface area contributed by atoms with Crippen molar-refractivity contribution in [3.8, 4) is 11.5 Å². The van der Waals surface area contributed by atoms with Gasteiger partial charge in [0.15, 0.2) is 5.11 Å². The first-order valence-electron chi connectivity index (χ1n) is 12.5. The quantitative estimate of drug-likeness (QED) is 0.263. The van der Waals surface area contributed by atoms with E-state index in [0.29, 0.717) is 29.2 Å². The van der Waals surface area contributed by atoms with Gasteiger partial charge in [-0.3, -0.25) is 14.9 Å². The summed E-state index contributed by atoms with van der Waals surface area (Å²) in [5.74, 6) is 0.606. The Hall–Kier alpha value is -3.91. The number of amides is 2. The molecule has 192 valence electrons. The summed E-state index contributed by atoms with van der Waals surface area (Å²) in [4.78, 5) is 25.9. The van der Waals surface area contributed by atoms with E-state index in [1.54, 1.807) is 42.5 Å². The van der Waals surface area contributed by atoms with Crippen LogP contribution in [-0.4, -0.2) is 36.2 Å². The van der Waals surface area contributed by atoms with Crippen molar-refractivity contribution in [2.75, 3.05) is 18.5 Å². The van der Waals surface area contributed by atoms with E-state index >= 15 is 0 Å². The second-order valence-electron chi connectivity index (χ2n) is 8.77. The number of nitrogens with one attached hydrogen (secondary N) is 3. The van der Waals surface area contributed by atoms with E-state index in [0.717, 1.165) is 31.4 Å². The van der Waals surface area contributed by atoms with Gasteiger partial charge < -0.3 is 20.1 Å². The third-order valence-electron chi connectivity index (χ3n) is 6.07. The van der Waals surface area contributed by atoms with E-state index in [-0.39, 0.29) is 23.7 Å². The molecule has 7 nitrogen and oxygen atoms in total. The molecule has 0 radical (unpaired) electrons. The third kappa shape index (κ3) is 7.79. The molecule has 0 bridgehead atoms. The summed E-state index contributed by atoms with van der Waals surface area (Å²) in [6.45, 7) is 0.602. The van der Waals surface area contributed by atoms with Crippen LogP contribution in [-0.2, 0) is 0 Å². The van der Waals surface area contributed by atoms with Gasteiger partial charge in [0.1, 0.15) is 24.7 Å². The average Bonchev–Trinajstić information content (AvgIpc) is 2.92. The second-order valence-corrected chi connectivity index (χ2v) is 9.18. The maximum atomic E-state index is 13.0. The predicted octanol–water partition coefficient (Wildman–Crippen LogP) is 5.33. The topological polar surface area (TPSA) is 88.7 Å². The lowest BCUT2D eigenvalue weighted by Crippen LogP contribution is -2.38. The van der Waals surface area contributed by atoms with E-state index in [1.165, 1.54) is 6.42 Å². The lowest BCUT2D eigenvalue weighted by molar-refractivity contribution is 0.0927. The van der Waals surface area contributed by atoms with Crippen LogP contribution in [0.1, 0.15) is 52.8 Å². The molecule has 2 amide bonds. The molecule has 0 saturated heterocycles. The lowest BCUT2D eigenvalue weighted by Gasteiger charge is -2.23. The summed E-state index contributed by atoms with van der Waals surface area (Å²) in [5.41, 5.74) is 1.35. The third-order valence-corrected chi connectivity index (χ3v) is 6.28. The van der Waals surface area contributed by atoms with Gasteiger partial charge in [-0.2, -0.15) is 0 Å². The fourth-order valence-electron chi connectivity index (χ4n) is 4.23. The number of hydrogen-bond acceptors (Lipinski definition) is 5. The maximum absolute atomic E-state index is 13.0. The van der Waals surface area contributed by atoms with Gasteiger partial charge in [0.2, 0.25) is 0 Å². The summed E-state index contributed by atoms with van der Waals surface area (Å²) in [5, 5.41) is 8.89. The lowest BCUT2D eigenvalue weighted by atomic mass is 9.95. The Labute approximate surface area is 222 Å². The van der Waals surface area contributed by atoms with Crippen molar-refractivity contribution >= 4 is 34.8 Å². The Bertz CT molecular complexity index is 1210. The zero-order valence-electron chi connectivity index (χ0n) is 20.6. The van der Waals surface area contributed by atoms with E-state index in [9.17, 15) is 9.59 Å². The molecule has 4 rings (SSSR count). The van der Waals surface area contributed by atoms with Crippen LogP contribution in [0.25, 0.3) is 0 Å². The van der Waals surface area contributed by atoms with Crippen molar-refractivity contribution in [1.82, 2.24) is 10.6 Å². The molecule has 37 heavy (non-hydrogen) atoms. The Morgan fingerprint density at radius 1 is 0.757 bits per heavy atom. The van der Waals surface area contributed by atoms with E-state index < -0.39 is 5.91 Å². The molecular formula is C29H31N3O4S. The molecule has 0 unspecified atom stereocenters. The number of para-hydroxylation sites is 3. The zero-order valence-corrected chi connectivity index (χ0v) is 21.4. The van der Waals surface area contributed by atoms with Gasteiger partial charge in [-0.25, -0.2) is 0 Å². The normalized spacial score (nSPS) is 13.3. The van der Waals surface area contributed by atoms with Gasteiger partial charge in [-0.15, -0.1) is 0 Å². The Morgan fingerprint density at radius 3 is 2.19 bits per heavy atom. The van der Waals surface area contributed by atoms with E-state index in [4.69, 9.17) is 21.7 Å². The number of hydrogen-bond donors (Lipinski definition) is 3. The summed E-state index contributed by atoms with van der Waals surface area (Å²) in [7, 11) is 0. The summed E-state index contributed by atoms with van der Waals surface area (Å²) < 4.78 is 11.4. The molecule has 0 heterocycles. The molecule has 0 atom stereocenters. The minimum Gasteiger partial charge on any atom is -0.490 e. The van der Waals surface area contributed by atoms with Crippen LogP contribution in [0.4, 0.5) is 5.69 Å².